The molecule has 0 aliphatic rings. The number of hydrogen-bond acceptors (Lipinski definition) is 5. The maximum Gasteiger partial charge on any atom is 0.252 e. The van der Waals surface area contributed by atoms with Gasteiger partial charge in [-0.1, -0.05) is 0 Å². The van der Waals surface area contributed by atoms with E-state index in [9.17, 15) is 4.55 Å². The first-order valence-corrected chi connectivity index (χ1v) is 7.96. The summed E-state index contributed by atoms with van der Waals surface area (Å²) in [6, 6.07) is 9.06. The fraction of sp³-hybridized carbons (Fsp3) is 0.214. The lowest BCUT2D eigenvalue weighted by atomic mass is 10.2. The van der Waals surface area contributed by atoms with E-state index in [1.165, 1.54) is 6.33 Å². The van der Waals surface area contributed by atoms with Gasteiger partial charge < -0.3 is 9.29 Å². The van der Waals surface area contributed by atoms with E-state index in [0.29, 0.717) is 11.5 Å². The summed E-state index contributed by atoms with van der Waals surface area (Å²) in [5, 5.41) is 4.00. The van der Waals surface area contributed by atoms with Crippen LogP contribution in [-0.2, 0) is 11.2 Å². The summed E-state index contributed by atoms with van der Waals surface area (Å²) < 4.78 is 18.8. The standard InChI is InChI=1S/C14H14N4O2S/c1-10(13-7-8-18-14(17-13)15-9-16-18)20-11-3-5-12(6-4-11)21(2)19/h3-10H,1-2H3. The average Bonchev–Trinajstić information content (AvgIpc) is 2.95. The minimum atomic E-state index is -0.983. The van der Waals surface area contributed by atoms with Gasteiger partial charge in [0, 0.05) is 6.20 Å². The number of fused-ring (bicyclic) bond motifs is 1. The molecular formula is C14H14N4O2S. The Morgan fingerprint density at radius 1 is 1.24 bits per heavy atom. The first-order valence-electron chi connectivity index (χ1n) is 6.40. The first kappa shape index (κ1) is 13.8. The van der Waals surface area contributed by atoms with Crippen molar-refractivity contribution in [1.29, 1.82) is 0 Å². The normalized spacial score (nSPS) is 14.0. The Morgan fingerprint density at radius 2 is 2.00 bits per heavy atom. The summed E-state index contributed by atoms with van der Waals surface area (Å²) in [4.78, 5) is 9.22. The lowest BCUT2D eigenvalue weighted by Gasteiger charge is -2.14. The van der Waals surface area contributed by atoms with Crippen LogP contribution in [0.2, 0.25) is 0 Å². The Balaban J connectivity index is 1.77. The van der Waals surface area contributed by atoms with E-state index in [2.05, 4.69) is 15.1 Å². The lowest BCUT2D eigenvalue weighted by molar-refractivity contribution is 0.222. The van der Waals surface area contributed by atoms with Gasteiger partial charge in [-0.2, -0.15) is 10.1 Å². The van der Waals surface area contributed by atoms with Crippen LogP contribution in [0.1, 0.15) is 18.7 Å². The molecule has 0 N–H and O–H groups in total. The second-order valence-electron chi connectivity index (χ2n) is 4.54. The Bertz CT molecular complexity index is 742. The molecule has 3 rings (SSSR count). The Kier molecular flexibility index (Phi) is 3.76. The molecule has 0 spiro atoms. The van der Waals surface area contributed by atoms with Crippen molar-refractivity contribution in [3.8, 4) is 5.75 Å². The van der Waals surface area contributed by atoms with E-state index < -0.39 is 11.2 Å². The molecule has 2 heterocycles. The molecule has 2 aromatic heterocycles. The second kappa shape index (κ2) is 5.71. The third-order valence-corrected chi connectivity index (χ3v) is 3.99. The molecule has 0 aliphatic heterocycles. The fourth-order valence-corrected chi connectivity index (χ4v) is 2.45. The maximum atomic E-state index is 11.3. The molecule has 108 valence electrons. The van der Waals surface area contributed by atoms with Crippen molar-refractivity contribution in [1.82, 2.24) is 19.6 Å². The van der Waals surface area contributed by atoms with Gasteiger partial charge in [0.25, 0.3) is 5.78 Å². The molecule has 1 aromatic carbocycles. The molecule has 0 aliphatic carbocycles. The molecule has 0 saturated heterocycles. The van der Waals surface area contributed by atoms with E-state index in [4.69, 9.17) is 4.74 Å². The highest BCUT2D eigenvalue weighted by atomic mass is 32.2. The van der Waals surface area contributed by atoms with Crippen LogP contribution in [0.5, 0.6) is 5.75 Å². The molecule has 0 fully saturated rings. The largest absolute Gasteiger partial charge is 0.612 e. The molecule has 2 atom stereocenters. The van der Waals surface area contributed by atoms with Crippen molar-refractivity contribution in [3.63, 3.8) is 0 Å². The minimum absolute atomic E-state index is 0.218. The molecule has 3 aromatic rings. The summed E-state index contributed by atoms with van der Waals surface area (Å²) >= 11 is -0.983. The van der Waals surface area contributed by atoms with Crippen molar-refractivity contribution in [2.75, 3.05) is 6.26 Å². The van der Waals surface area contributed by atoms with Crippen molar-refractivity contribution >= 4 is 17.0 Å². The number of benzene rings is 1. The SMILES string of the molecule is CC(Oc1ccc([S+](C)[O-])cc1)c1ccn2ncnc2n1. The number of hydrogen-bond donors (Lipinski definition) is 0. The number of nitrogens with zero attached hydrogens (tertiary/aromatic N) is 4. The van der Waals surface area contributed by atoms with Crippen LogP contribution in [0, 0.1) is 0 Å². The van der Waals surface area contributed by atoms with Gasteiger partial charge in [-0.3, -0.25) is 0 Å². The molecule has 21 heavy (non-hydrogen) atoms. The highest BCUT2D eigenvalue weighted by molar-refractivity contribution is 7.90. The Morgan fingerprint density at radius 3 is 2.71 bits per heavy atom. The molecule has 0 radical (unpaired) electrons. The summed E-state index contributed by atoms with van der Waals surface area (Å²) in [5.74, 6) is 1.25. The van der Waals surface area contributed by atoms with Gasteiger partial charge in [0.15, 0.2) is 4.90 Å². The molecule has 7 heteroatoms. The van der Waals surface area contributed by atoms with Crippen LogP contribution in [-0.4, -0.2) is 30.4 Å². The maximum absolute atomic E-state index is 11.3. The fourth-order valence-electron chi connectivity index (χ4n) is 1.93. The second-order valence-corrected chi connectivity index (χ2v) is 5.92. The van der Waals surface area contributed by atoms with Gasteiger partial charge in [-0.15, -0.1) is 0 Å². The molecular weight excluding hydrogens is 288 g/mol. The van der Waals surface area contributed by atoms with Gasteiger partial charge in [0.05, 0.1) is 5.69 Å². The lowest BCUT2D eigenvalue weighted by Crippen LogP contribution is -2.07. The van der Waals surface area contributed by atoms with Gasteiger partial charge in [0.1, 0.15) is 24.4 Å². The molecule has 6 nitrogen and oxygen atoms in total. The van der Waals surface area contributed by atoms with Crippen LogP contribution in [0.25, 0.3) is 5.78 Å². The monoisotopic (exact) mass is 302 g/mol. The van der Waals surface area contributed by atoms with Crippen LogP contribution in [0.4, 0.5) is 0 Å². The van der Waals surface area contributed by atoms with Crippen LogP contribution in [0.3, 0.4) is 0 Å². The molecule has 0 amide bonds. The van der Waals surface area contributed by atoms with Crippen molar-refractivity contribution in [3.05, 3.63) is 48.5 Å². The highest BCUT2D eigenvalue weighted by Gasteiger charge is 2.11. The van der Waals surface area contributed by atoms with Crippen molar-refractivity contribution < 1.29 is 9.29 Å². The van der Waals surface area contributed by atoms with Crippen molar-refractivity contribution in [2.24, 2.45) is 0 Å². The predicted octanol–water partition coefficient (Wildman–Crippen LogP) is 2.00. The third-order valence-electron chi connectivity index (χ3n) is 3.05. The zero-order valence-corrected chi connectivity index (χ0v) is 12.4. The van der Waals surface area contributed by atoms with Crippen molar-refractivity contribution in [2.45, 2.75) is 17.9 Å². The van der Waals surface area contributed by atoms with Gasteiger partial charge in [-0.05, 0) is 48.4 Å². The molecule has 0 bridgehead atoms. The van der Waals surface area contributed by atoms with E-state index in [1.807, 2.05) is 25.1 Å². The van der Waals surface area contributed by atoms with E-state index in [0.717, 1.165) is 10.6 Å². The highest BCUT2D eigenvalue weighted by Crippen LogP contribution is 2.22. The quantitative estimate of drug-likeness (QED) is 0.689. The predicted molar refractivity (Wildman–Crippen MR) is 78.6 cm³/mol. The summed E-state index contributed by atoms with van der Waals surface area (Å²) in [6.07, 6.45) is 4.69. The van der Waals surface area contributed by atoms with E-state index in [1.54, 1.807) is 29.1 Å². The van der Waals surface area contributed by atoms with Gasteiger partial charge in [0.2, 0.25) is 0 Å². The molecule has 0 saturated carbocycles. The number of ether oxygens (including phenoxy) is 1. The third kappa shape index (κ3) is 2.98. The zero-order valence-electron chi connectivity index (χ0n) is 11.6. The first-order chi connectivity index (χ1) is 10.1. The Hall–Kier alpha value is -2.12. The minimum Gasteiger partial charge on any atom is -0.612 e. The van der Waals surface area contributed by atoms with E-state index in [-0.39, 0.29) is 6.10 Å². The van der Waals surface area contributed by atoms with Gasteiger partial charge >= 0.3 is 0 Å². The summed E-state index contributed by atoms with van der Waals surface area (Å²) in [7, 11) is 0. The molecule has 2 unspecified atom stereocenters. The topological polar surface area (TPSA) is 75.4 Å². The number of aromatic nitrogens is 4. The van der Waals surface area contributed by atoms with Crippen LogP contribution < -0.4 is 4.74 Å². The van der Waals surface area contributed by atoms with Gasteiger partial charge in [-0.25, -0.2) is 9.50 Å². The summed E-state index contributed by atoms with van der Waals surface area (Å²) in [6.45, 7) is 1.92. The zero-order chi connectivity index (χ0) is 14.8. The smallest absolute Gasteiger partial charge is 0.252 e. The number of rotatable bonds is 4. The van der Waals surface area contributed by atoms with E-state index >= 15 is 0 Å². The average molecular weight is 302 g/mol. The Labute approximate surface area is 125 Å². The summed E-state index contributed by atoms with van der Waals surface area (Å²) in [5.41, 5.74) is 0.777. The van der Waals surface area contributed by atoms with Crippen LogP contribution in [0.15, 0.2) is 47.8 Å². The van der Waals surface area contributed by atoms with Crippen LogP contribution >= 0.6 is 0 Å².